The average molecular weight is 426 g/mol. The molecule has 0 spiro atoms. The van der Waals surface area contributed by atoms with Gasteiger partial charge in [-0.2, -0.15) is 23.4 Å². The molecule has 1 amide bonds. The lowest BCUT2D eigenvalue weighted by Gasteiger charge is -2.10. The summed E-state index contributed by atoms with van der Waals surface area (Å²) in [4.78, 5) is 16.5. The zero-order chi connectivity index (χ0) is 22.0. The monoisotopic (exact) mass is 426 g/mol. The van der Waals surface area contributed by atoms with Crippen LogP contribution in [0.5, 0.6) is 0 Å². The van der Waals surface area contributed by atoms with Crippen molar-refractivity contribution in [1.29, 1.82) is 0 Å². The summed E-state index contributed by atoms with van der Waals surface area (Å²) in [6.07, 6.45) is -0.0862. The maximum Gasteiger partial charge on any atom is 0.416 e. The molecule has 31 heavy (non-hydrogen) atoms. The zero-order valence-corrected chi connectivity index (χ0v) is 16.3. The summed E-state index contributed by atoms with van der Waals surface area (Å²) < 4.78 is 41.9. The Kier molecular flexibility index (Phi) is 5.28. The summed E-state index contributed by atoms with van der Waals surface area (Å²) in [5, 5.41) is 11.0. The number of aromatic nitrogens is 5. The Morgan fingerprint density at radius 3 is 2.52 bits per heavy atom. The molecule has 4 rings (SSSR count). The van der Waals surface area contributed by atoms with E-state index >= 15 is 0 Å². The highest BCUT2D eigenvalue weighted by Gasteiger charge is 2.30. The second kappa shape index (κ2) is 8.05. The number of nitrogens with one attached hydrogen (secondary N) is 1. The van der Waals surface area contributed by atoms with Crippen molar-refractivity contribution in [2.75, 3.05) is 0 Å². The summed E-state index contributed by atoms with van der Waals surface area (Å²) in [6, 6.07) is 12.2. The lowest BCUT2D eigenvalue weighted by molar-refractivity contribution is -0.137. The fourth-order valence-corrected chi connectivity index (χ4v) is 3.09. The van der Waals surface area contributed by atoms with E-state index in [4.69, 9.17) is 0 Å². The normalized spacial score (nSPS) is 11.5. The molecule has 0 bridgehead atoms. The van der Waals surface area contributed by atoms with Gasteiger partial charge in [-0.1, -0.05) is 18.2 Å². The number of hydrogen-bond acceptors (Lipinski definition) is 4. The number of rotatable bonds is 5. The van der Waals surface area contributed by atoms with E-state index in [1.54, 1.807) is 17.9 Å². The Morgan fingerprint density at radius 2 is 1.84 bits per heavy atom. The van der Waals surface area contributed by atoms with E-state index in [2.05, 4.69) is 20.5 Å². The van der Waals surface area contributed by atoms with Crippen molar-refractivity contribution >= 4 is 5.91 Å². The Labute approximate surface area is 175 Å². The van der Waals surface area contributed by atoms with Crippen molar-refractivity contribution in [3.63, 3.8) is 0 Å². The predicted octanol–water partition coefficient (Wildman–Crippen LogP) is 3.71. The largest absolute Gasteiger partial charge is 0.416 e. The fraction of sp³-hybridized carbons (Fsp3) is 0.143. The molecule has 0 fully saturated rings. The Balaban J connectivity index is 1.46. The van der Waals surface area contributed by atoms with Crippen molar-refractivity contribution in [2.24, 2.45) is 0 Å². The minimum atomic E-state index is -4.46. The molecule has 7 nitrogen and oxygen atoms in total. The molecule has 2 heterocycles. The van der Waals surface area contributed by atoms with Gasteiger partial charge in [-0.05, 0) is 42.8 Å². The topological polar surface area (TPSA) is 77.6 Å². The number of benzene rings is 2. The molecule has 2 aromatic carbocycles. The molecule has 1 N–H and O–H groups in total. The van der Waals surface area contributed by atoms with Crippen molar-refractivity contribution in [2.45, 2.75) is 19.6 Å². The molecule has 10 heteroatoms. The number of carbonyl (C=O) groups is 1. The van der Waals surface area contributed by atoms with Crippen LogP contribution in [-0.2, 0) is 12.7 Å². The maximum atomic E-state index is 13.0. The van der Waals surface area contributed by atoms with Gasteiger partial charge in [0.25, 0.3) is 5.91 Å². The maximum absolute atomic E-state index is 13.0. The van der Waals surface area contributed by atoms with Gasteiger partial charge < -0.3 is 5.32 Å². The van der Waals surface area contributed by atoms with Crippen LogP contribution < -0.4 is 5.32 Å². The van der Waals surface area contributed by atoms with E-state index < -0.39 is 11.7 Å². The third kappa shape index (κ3) is 4.32. The van der Waals surface area contributed by atoms with Gasteiger partial charge in [0.2, 0.25) is 0 Å². The Hall–Kier alpha value is -3.95. The smallest absolute Gasteiger partial charge is 0.348 e. The van der Waals surface area contributed by atoms with Gasteiger partial charge in [0, 0.05) is 6.54 Å². The summed E-state index contributed by atoms with van der Waals surface area (Å²) in [5.74, 6) is -0.365. The molecule has 0 saturated heterocycles. The molecule has 0 radical (unpaired) electrons. The summed E-state index contributed by atoms with van der Waals surface area (Å²) in [7, 11) is 0. The van der Waals surface area contributed by atoms with Gasteiger partial charge >= 0.3 is 6.18 Å². The molecule has 0 saturated carbocycles. The minimum absolute atomic E-state index is 0.232. The molecule has 0 aliphatic rings. The third-order valence-electron chi connectivity index (χ3n) is 4.75. The quantitative estimate of drug-likeness (QED) is 0.528. The van der Waals surface area contributed by atoms with E-state index in [1.807, 2.05) is 24.3 Å². The summed E-state index contributed by atoms with van der Waals surface area (Å²) in [5.41, 5.74) is 1.90. The van der Waals surface area contributed by atoms with E-state index in [0.29, 0.717) is 5.69 Å². The SMILES string of the molecule is Cc1c(C(=O)NCc2ccc(-n3cncn3)cc2)cnn1-c1cccc(C(F)(F)F)c1. The first-order valence-corrected chi connectivity index (χ1v) is 9.27. The number of carbonyl (C=O) groups excluding carboxylic acids is 1. The van der Waals surface area contributed by atoms with Crippen LogP contribution in [0.4, 0.5) is 13.2 Å². The third-order valence-corrected chi connectivity index (χ3v) is 4.75. The zero-order valence-electron chi connectivity index (χ0n) is 16.3. The minimum Gasteiger partial charge on any atom is -0.348 e. The molecule has 158 valence electrons. The first-order chi connectivity index (χ1) is 14.8. The van der Waals surface area contributed by atoms with Gasteiger partial charge in [0.05, 0.1) is 34.4 Å². The lowest BCUT2D eigenvalue weighted by Crippen LogP contribution is -2.23. The second-order valence-electron chi connectivity index (χ2n) is 6.79. The highest BCUT2D eigenvalue weighted by Crippen LogP contribution is 2.30. The summed E-state index contributed by atoms with van der Waals surface area (Å²) >= 11 is 0. The first-order valence-electron chi connectivity index (χ1n) is 9.27. The molecule has 4 aromatic rings. The van der Waals surface area contributed by atoms with Crippen molar-refractivity contribution in [3.05, 3.63) is 89.8 Å². The Morgan fingerprint density at radius 1 is 1.06 bits per heavy atom. The number of nitrogens with zero attached hydrogens (tertiary/aromatic N) is 5. The highest BCUT2D eigenvalue weighted by molar-refractivity contribution is 5.95. The first kappa shape index (κ1) is 20.3. The number of halogens is 3. The van der Waals surface area contributed by atoms with Crippen LogP contribution in [0.15, 0.2) is 67.4 Å². The van der Waals surface area contributed by atoms with Crippen LogP contribution in [0.1, 0.15) is 27.2 Å². The van der Waals surface area contributed by atoms with Crippen LogP contribution in [0, 0.1) is 6.92 Å². The number of hydrogen-bond donors (Lipinski definition) is 1. The van der Waals surface area contributed by atoms with Gasteiger partial charge in [-0.15, -0.1) is 0 Å². The van der Waals surface area contributed by atoms with Crippen LogP contribution in [-0.4, -0.2) is 30.5 Å². The Bertz CT molecular complexity index is 1200. The number of amides is 1. The molecular formula is C21H17F3N6O. The lowest BCUT2D eigenvalue weighted by atomic mass is 10.1. The summed E-state index contributed by atoms with van der Waals surface area (Å²) in [6.45, 7) is 1.92. The van der Waals surface area contributed by atoms with E-state index in [-0.39, 0.29) is 23.7 Å². The molecule has 0 unspecified atom stereocenters. The molecule has 0 aliphatic heterocycles. The van der Waals surface area contributed by atoms with E-state index in [0.717, 1.165) is 23.4 Å². The van der Waals surface area contributed by atoms with Crippen molar-refractivity contribution < 1.29 is 18.0 Å². The van der Waals surface area contributed by atoms with Crippen LogP contribution in [0.25, 0.3) is 11.4 Å². The van der Waals surface area contributed by atoms with Gasteiger partial charge in [0.1, 0.15) is 12.7 Å². The highest BCUT2D eigenvalue weighted by atomic mass is 19.4. The van der Waals surface area contributed by atoms with Gasteiger partial charge in [-0.25, -0.2) is 14.3 Å². The van der Waals surface area contributed by atoms with Crippen LogP contribution in [0.2, 0.25) is 0 Å². The molecular weight excluding hydrogens is 409 g/mol. The molecule has 0 atom stereocenters. The molecule has 0 aliphatic carbocycles. The standard InChI is InChI=1S/C21H17F3N6O/c1-14-19(11-27-30(14)18-4-2-3-16(9-18)21(22,23)24)20(31)26-10-15-5-7-17(8-6-15)29-13-25-12-28-29/h2-9,11-13H,10H2,1H3,(H,26,31). The van der Waals surface area contributed by atoms with Crippen LogP contribution >= 0.6 is 0 Å². The van der Waals surface area contributed by atoms with Gasteiger partial charge in [0.15, 0.2) is 0 Å². The van der Waals surface area contributed by atoms with Crippen LogP contribution in [0.3, 0.4) is 0 Å². The average Bonchev–Trinajstić information content (AvgIpc) is 3.42. The van der Waals surface area contributed by atoms with E-state index in [1.165, 1.54) is 29.3 Å². The predicted molar refractivity (Wildman–Crippen MR) is 106 cm³/mol. The van der Waals surface area contributed by atoms with Crippen molar-refractivity contribution in [1.82, 2.24) is 29.9 Å². The molecule has 2 aromatic heterocycles. The number of alkyl halides is 3. The van der Waals surface area contributed by atoms with Gasteiger partial charge in [-0.3, -0.25) is 4.79 Å². The van der Waals surface area contributed by atoms with E-state index in [9.17, 15) is 18.0 Å². The fourth-order valence-electron chi connectivity index (χ4n) is 3.09. The second-order valence-corrected chi connectivity index (χ2v) is 6.79. The van der Waals surface area contributed by atoms with Crippen molar-refractivity contribution in [3.8, 4) is 11.4 Å².